The molecule has 5 atom stereocenters. The Kier molecular flexibility index (Phi) is 10.7. The van der Waals surface area contributed by atoms with Crippen LogP contribution in [0.15, 0.2) is 54.6 Å². The number of aromatic nitrogens is 2. The van der Waals surface area contributed by atoms with Gasteiger partial charge in [0.2, 0.25) is 11.8 Å². The first-order valence-corrected chi connectivity index (χ1v) is 19.4. The smallest absolute Gasteiger partial charge is 0.303 e. The van der Waals surface area contributed by atoms with Crippen molar-refractivity contribution in [3.63, 3.8) is 0 Å². The molecule has 1 aromatic heterocycles. The molecule has 1 N–H and O–H groups in total. The molecule has 274 valence electrons. The van der Waals surface area contributed by atoms with Gasteiger partial charge in [-0.1, -0.05) is 43.2 Å². The van der Waals surface area contributed by atoms with E-state index in [1.165, 1.54) is 26.2 Å². The summed E-state index contributed by atoms with van der Waals surface area (Å²) in [4.78, 5) is 49.1. The van der Waals surface area contributed by atoms with E-state index in [2.05, 4.69) is 4.72 Å². The second-order valence-corrected chi connectivity index (χ2v) is 16.4. The maximum atomic E-state index is 14.6. The molecule has 1 saturated heterocycles. The molecule has 3 aromatic rings. The van der Waals surface area contributed by atoms with Crippen LogP contribution >= 0.6 is 0 Å². The molecule has 0 unspecified atom stereocenters. The first kappa shape index (κ1) is 36.7. The summed E-state index contributed by atoms with van der Waals surface area (Å²) in [5.74, 6) is -2.42. The quantitative estimate of drug-likeness (QED) is 0.320. The average molecular weight is 722 g/mol. The van der Waals surface area contributed by atoms with Gasteiger partial charge in [0.1, 0.15) is 11.9 Å². The van der Waals surface area contributed by atoms with Gasteiger partial charge in [-0.25, -0.2) is 9.11 Å². The molecular formula is C38H48FN5O6S. The van der Waals surface area contributed by atoms with Crippen LogP contribution in [0.3, 0.4) is 0 Å². The van der Waals surface area contributed by atoms with Crippen LogP contribution in [0.2, 0.25) is 0 Å². The molecular weight excluding hydrogens is 674 g/mol. The van der Waals surface area contributed by atoms with E-state index in [-0.39, 0.29) is 42.8 Å². The van der Waals surface area contributed by atoms with E-state index in [0.29, 0.717) is 31.8 Å². The van der Waals surface area contributed by atoms with Crippen LogP contribution in [-0.4, -0.2) is 77.6 Å². The number of hydrogen-bond donors (Lipinski definition) is 1. The molecule has 0 bridgehead atoms. The van der Waals surface area contributed by atoms with Crippen molar-refractivity contribution in [1.82, 2.24) is 23.5 Å². The zero-order valence-electron chi connectivity index (χ0n) is 29.8. The SMILES string of the molecule is CCn1c(O[C@@H]2C[C@H]3C(=O)C[C@]4(C(=O)NS(=O)(=O)N(C)C)C[C@H]4/C=C\CCCCC[C@H](Cc4cc(C)cc(F)c4)C(=O)N3C2)nc2ccccc21. The van der Waals surface area contributed by atoms with Crippen molar-refractivity contribution in [3.05, 3.63) is 71.6 Å². The number of nitrogens with zero attached hydrogens (tertiary/aromatic N) is 4. The van der Waals surface area contributed by atoms with Gasteiger partial charge >= 0.3 is 10.2 Å². The number of benzene rings is 2. The maximum absolute atomic E-state index is 14.6. The predicted molar refractivity (Wildman–Crippen MR) is 191 cm³/mol. The zero-order chi connectivity index (χ0) is 36.5. The van der Waals surface area contributed by atoms with Gasteiger partial charge in [0.25, 0.3) is 6.01 Å². The highest BCUT2D eigenvalue weighted by atomic mass is 32.2. The Labute approximate surface area is 299 Å². The highest BCUT2D eigenvalue weighted by Crippen LogP contribution is 2.57. The summed E-state index contributed by atoms with van der Waals surface area (Å²) in [6.07, 6.45) is 7.85. The van der Waals surface area contributed by atoms with Gasteiger partial charge in [0.05, 0.1) is 29.0 Å². The van der Waals surface area contributed by atoms with E-state index in [1.54, 1.807) is 4.90 Å². The summed E-state index contributed by atoms with van der Waals surface area (Å²) in [6, 6.07) is 12.0. The van der Waals surface area contributed by atoms with Crippen molar-refractivity contribution in [1.29, 1.82) is 0 Å². The molecule has 2 aliphatic heterocycles. The monoisotopic (exact) mass is 721 g/mol. The summed E-state index contributed by atoms with van der Waals surface area (Å²) < 4.78 is 51.4. The number of fused-ring (bicyclic) bond motifs is 3. The first-order valence-electron chi connectivity index (χ1n) is 17.9. The van der Waals surface area contributed by atoms with Crippen LogP contribution in [0.4, 0.5) is 4.39 Å². The van der Waals surface area contributed by atoms with Gasteiger partial charge in [0.15, 0.2) is 5.78 Å². The number of para-hydroxylation sites is 2. The minimum atomic E-state index is -4.09. The molecule has 2 fully saturated rings. The van der Waals surface area contributed by atoms with Gasteiger partial charge in [0, 0.05) is 39.4 Å². The minimum Gasteiger partial charge on any atom is -0.459 e. The molecule has 3 heterocycles. The molecule has 1 saturated carbocycles. The summed E-state index contributed by atoms with van der Waals surface area (Å²) in [6.45, 7) is 4.55. The fourth-order valence-electron chi connectivity index (χ4n) is 7.75. The van der Waals surface area contributed by atoms with E-state index < -0.39 is 39.6 Å². The van der Waals surface area contributed by atoms with Crippen LogP contribution in [0.25, 0.3) is 11.0 Å². The predicted octanol–water partition coefficient (Wildman–Crippen LogP) is 5.12. The number of carbonyl (C=O) groups excluding carboxylic acids is 3. The molecule has 11 nitrogen and oxygen atoms in total. The van der Waals surface area contributed by atoms with Gasteiger partial charge < -0.3 is 9.64 Å². The Morgan fingerprint density at radius 1 is 1.14 bits per heavy atom. The third-order valence-electron chi connectivity index (χ3n) is 10.6. The molecule has 2 aromatic carbocycles. The van der Waals surface area contributed by atoms with Gasteiger partial charge in [-0.3, -0.25) is 19.0 Å². The Morgan fingerprint density at radius 2 is 1.92 bits per heavy atom. The Bertz CT molecular complexity index is 1920. The van der Waals surface area contributed by atoms with Crippen LogP contribution in [0.1, 0.15) is 69.4 Å². The Morgan fingerprint density at radius 3 is 2.67 bits per heavy atom. The second-order valence-electron chi connectivity index (χ2n) is 14.5. The minimum absolute atomic E-state index is 0.137. The van der Waals surface area contributed by atoms with E-state index in [0.717, 1.165) is 52.1 Å². The van der Waals surface area contributed by atoms with Crippen molar-refractivity contribution in [3.8, 4) is 6.01 Å². The Balaban J connectivity index is 1.34. The fourth-order valence-corrected chi connectivity index (χ4v) is 8.37. The number of hydrogen-bond acceptors (Lipinski definition) is 7. The lowest BCUT2D eigenvalue weighted by molar-refractivity contribution is -0.142. The highest BCUT2D eigenvalue weighted by molar-refractivity contribution is 7.87. The molecule has 51 heavy (non-hydrogen) atoms. The van der Waals surface area contributed by atoms with E-state index >= 15 is 0 Å². The summed E-state index contributed by atoms with van der Waals surface area (Å²) in [5.41, 5.74) is 1.92. The van der Waals surface area contributed by atoms with Crippen molar-refractivity contribution in [2.24, 2.45) is 17.3 Å². The van der Waals surface area contributed by atoms with Crippen LogP contribution in [0, 0.1) is 30.0 Å². The molecule has 13 heteroatoms. The number of Topliss-reactive ketones (excluding diaryl/α,β-unsaturated/α-hetero) is 1. The topological polar surface area (TPSA) is 131 Å². The van der Waals surface area contributed by atoms with E-state index in [9.17, 15) is 27.2 Å². The molecule has 0 radical (unpaired) electrons. The number of carbonyl (C=O) groups is 3. The molecule has 3 aliphatic rings. The van der Waals surface area contributed by atoms with Gasteiger partial charge in [-0.15, -0.1) is 0 Å². The highest BCUT2D eigenvalue weighted by Gasteiger charge is 2.61. The van der Waals surface area contributed by atoms with Crippen LogP contribution < -0.4 is 9.46 Å². The van der Waals surface area contributed by atoms with Crippen LogP contribution in [0.5, 0.6) is 6.01 Å². The molecule has 1 aliphatic carbocycles. The van der Waals surface area contributed by atoms with Crippen molar-refractivity contribution < 1.29 is 31.9 Å². The number of ether oxygens (including phenoxy) is 1. The number of halogens is 1. The van der Waals surface area contributed by atoms with E-state index in [4.69, 9.17) is 9.72 Å². The largest absolute Gasteiger partial charge is 0.459 e. The lowest BCUT2D eigenvalue weighted by atomic mass is 9.89. The average Bonchev–Trinajstić information content (AvgIpc) is 3.41. The number of aryl methyl sites for hydroxylation is 2. The molecule has 6 rings (SSSR count). The molecule has 2 amide bonds. The van der Waals surface area contributed by atoms with Crippen molar-refractivity contribution >= 4 is 38.8 Å². The third-order valence-corrected chi connectivity index (χ3v) is 12.0. The number of amides is 2. The van der Waals surface area contributed by atoms with Gasteiger partial charge in [-0.2, -0.15) is 17.7 Å². The number of ketones is 1. The number of rotatable bonds is 8. The molecule has 0 spiro atoms. The third kappa shape index (κ3) is 7.89. The Hall–Kier alpha value is -4.10. The van der Waals surface area contributed by atoms with Crippen molar-refractivity contribution in [2.45, 2.75) is 90.3 Å². The standard InChI is InChI=1S/C38H48FN5O6S/c1-5-43-32-16-12-11-15-31(32)40-37(43)50-30-21-33-34(45)23-38(36(47)41-51(48,49)42(3)4)22-28(38)14-10-8-6-7-9-13-27(35(46)44(33)24-30)19-26-17-25(2)18-29(39)20-26/h10-12,14-18,20,27-28,30,33H,5-9,13,19,21-24H2,1-4H3,(H,41,47)/b14-10-/t27-,28-,30-,33+,38-/m1/s1. The number of allylic oxidation sites excluding steroid dienone is 2. The summed E-state index contributed by atoms with van der Waals surface area (Å²) >= 11 is 0. The lowest BCUT2D eigenvalue weighted by Crippen LogP contribution is -2.47. The fraction of sp³-hybridized carbons (Fsp3) is 0.526. The number of nitrogens with one attached hydrogen (secondary N) is 1. The second kappa shape index (κ2) is 14.9. The van der Waals surface area contributed by atoms with Crippen LogP contribution in [-0.2, 0) is 37.6 Å². The zero-order valence-corrected chi connectivity index (χ0v) is 30.6. The lowest BCUT2D eigenvalue weighted by Gasteiger charge is -2.29. The normalized spacial score (nSPS) is 26.7. The number of imidazole rings is 1. The van der Waals surface area contributed by atoms with Gasteiger partial charge in [-0.05, 0) is 87.3 Å². The summed E-state index contributed by atoms with van der Waals surface area (Å²) in [5, 5.41) is 0. The van der Waals surface area contributed by atoms with Crippen molar-refractivity contribution in [2.75, 3.05) is 20.6 Å². The van der Waals surface area contributed by atoms with E-state index in [1.807, 2.05) is 60.9 Å². The maximum Gasteiger partial charge on any atom is 0.303 e. The summed E-state index contributed by atoms with van der Waals surface area (Å²) in [7, 11) is -1.44. The first-order chi connectivity index (χ1) is 24.3.